The molecule has 0 spiro atoms. The Morgan fingerprint density at radius 1 is 1.48 bits per heavy atom. The van der Waals surface area contributed by atoms with Gasteiger partial charge in [-0.25, -0.2) is 12.8 Å². The molecule has 0 bridgehead atoms. The molecule has 21 heavy (non-hydrogen) atoms. The molecule has 0 aromatic heterocycles. The zero-order chi connectivity index (χ0) is 15.8. The SMILES string of the molecule is CC(C)(O)C1CCCN1S(=O)(=O)c1cccc(F)c1C#N. The van der Waals surface area contributed by atoms with Crippen LogP contribution in [0.25, 0.3) is 0 Å². The maximum Gasteiger partial charge on any atom is 0.244 e. The van der Waals surface area contributed by atoms with Crippen molar-refractivity contribution >= 4 is 10.0 Å². The second-order valence-corrected chi connectivity index (χ2v) is 7.51. The van der Waals surface area contributed by atoms with Crippen LogP contribution in [0.5, 0.6) is 0 Å². The Morgan fingerprint density at radius 2 is 2.14 bits per heavy atom. The quantitative estimate of drug-likeness (QED) is 0.919. The topological polar surface area (TPSA) is 81.4 Å². The zero-order valence-corrected chi connectivity index (χ0v) is 12.7. The van der Waals surface area contributed by atoms with Crippen LogP contribution in [0.2, 0.25) is 0 Å². The fourth-order valence-corrected chi connectivity index (χ4v) is 4.66. The molecule has 1 aliphatic rings. The van der Waals surface area contributed by atoms with Gasteiger partial charge in [-0.2, -0.15) is 9.57 Å². The molecule has 0 amide bonds. The van der Waals surface area contributed by atoms with Crippen molar-refractivity contribution in [3.63, 3.8) is 0 Å². The van der Waals surface area contributed by atoms with E-state index < -0.39 is 33.0 Å². The van der Waals surface area contributed by atoms with Crippen LogP contribution in [0.3, 0.4) is 0 Å². The molecule has 0 radical (unpaired) electrons. The van der Waals surface area contributed by atoms with Crippen LogP contribution in [-0.4, -0.2) is 36.0 Å². The molecule has 1 aromatic carbocycles. The van der Waals surface area contributed by atoms with Crippen molar-refractivity contribution in [2.75, 3.05) is 6.54 Å². The minimum atomic E-state index is -4.03. The highest BCUT2D eigenvalue weighted by Crippen LogP contribution is 2.33. The third-order valence-corrected chi connectivity index (χ3v) is 5.64. The van der Waals surface area contributed by atoms with Crippen molar-refractivity contribution in [3.05, 3.63) is 29.6 Å². The Labute approximate surface area is 123 Å². The van der Waals surface area contributed by atoms with Crippen LogP contribution in [-0.2, 0) is 10.0 Å². The highest BCUT2D eigenvalue weighted by Gasteiger charge is 2.43. The van der Waals surface area contributed by atoms with Gasteiger partial charge in [-0.15, -0.1) is 0 Å². The Balaban J connectivity index is 2.54. The third kappa shape index (κ3) is 2.79. The Bertz CT molecular complexity index is 689. The van der Waals surface area contributed by atoms with E-state index in [2.05, 4.69) is 0 Å². The summed E-state index contributed by atoms with van der Waals surface area (Å²) < 4.78 is 40.3. The van der Waals surface area contributed by atoms with Gasteiger partial charge >= 0.3 is 0 Å². The second kappa shape index (κ2) is 5.37. The van der Waals surface area contributed by atoms with Crippen molar-refractivity contribution < 1.29 is 17.9 Å². The van der Waals surface area contributed by atoms with Gasteiger partial charge in [-0.1, -0.05) is 6.07 Å². The van der Waals surface area contributed by atoms with E-state index in [1.54, 1.807) is 19.9 Å². The first-order valence-corrected chi connectivity index (χ1v) is 8.06. The lowest BCUT2D eigenvalue weighted by Crippen LogP contribution is -2.48. The third-order valence-electron chi connectivity index (χ3n) is 3.69. The first-order valence-electron chi connectivity index (χ1n) is 6.62. The number of sulfonamides is 1. The van der Waals surface area contributed by atoms with Crippen LogP contribution in [0.4, 0.5) is 4.39 Å². The second-order valence-electron chi connectivity index (χ2n) is 5.65. The average Bonchev–Trinajstić information content (AvgIpc) is 2.88. The summed E-state index contributed by atoms with van der Waals surface area (Å²) in [6, 6.07) is 4.55. The summed E-state index contributed by atoms with van der Waals surface area (Å²) in [7, 11) is -4.03. The monoisotopic (exact) mass is 312 g/mol. The van der Waals surface area contributed by atoms with E-state index in [-0.39, 0.29) is 11.4 Å². The first kappa shape index (κ1) is 15.9. The lowest BCUT2D eigenvalue weighted by Gasteiger charge is -2.33. The summed E-state index contributed by atoms with van der Waals surface area (Å²) in [5, 5.41) is 19.1. The average molecular weight is 312 g/mol. The summed E-state index contributed by atoms with van der Waals surface area (Å²) in [5.41, 5.74) is -1.69. The van der Waals surface area contributed by atoms with E-state index >= 15 is 0 Å². The summed E-state index contributed by atoms with van der Waals surface area (Å²) in [6.45, 7) is 3.34. The van der Waals surface area contributed by atoms with Crippen LogP contribution < -0.4 is 0 Å². The number of aliphatic hydroxyl groups is 1. The smallest absolute Gasteiger partial charge is 0.244 e. The summed E-state index contributed by atoms with van der Waals surface area (Å²) in [4.78, 5) is -0.346. The largest absolute Gasteiger partial charge is 0.389 e. The number of benzene rings is 1. The standard InChI is InChI=1S/C14H17FN2O3S/c1-14(2,18)13-7-4-8-17(13)21(19,20)12-6-3-5-11(15)10(12)9-16/h3,5-6,13,18H,4,7-8H2,1-2H3. The van der Waals surface area contributed by atoms with Gasteiger partial charge in [0, 0.05) is 6.54 Å². The molecule has 1 aliphatic heterocycles. The highest BCUT2D eigenvalue weighted by molar-refractivity contribution is 7.89. The molecule has 1 fully saturated rings. The Kier molecular flexibility index (Phi) is 4.06. The van der Waals surface area contributed by atoms with Gasteiger partial charge in [0.05, 0.1) is 11.6 Å². The molecule has 1 N–H and O–H groups in total. The predicted octanol–water partition coefficient (Wildman–Crippen LogP) is 1.62. The van der Waals surface area contributed by atoms with Crippen LogP contribution >= 0.6 is 0 Å². The number of nitrogens with zero attached hydrogens (tertiary/aromatic N) is 2. The molecule has 1 heterocycles. The maximum absolute atomic E-state index is 13.6. The molecule has 1 unspecified atom stereocenters. The molecular weight excluding hydrogens is 295 g/mol. The molecule has 0 aliphatic carbocycles. The van der Waals surface area contributed by atoms with Gasteiger partial charge in [0.2, 0.25) is 10.0 Å². The van der Waals surface area contributed by atoms with Crippen molar-refractivity contribution in [3.8, 4) is 6.07 Å². The Morgan fingerprint density at radius 3 is 2.71 bits per heavy atom. The van der Waals surface area contributed by atoms with Gasteiger partial charge in [0.25, 0.3) is 0 Å². The number of nitriles is 1. The molecule has 5 nitrogen and oxygen atoms in total. The van der Waals surface area contributed by atoms with Gasteiger partial charge in [0.1, 0.15) is 22.3 Å². The minimum Gasteiger partial charge on any atom is -0.389 e. The summed E-state index contributed by atoms with van der Waals surface area (Å²) in [5.74, 6) is -0.863. The lowest BCUT2D eigenvalue weighted by atomic mass is 9.98. The van der Waals surface area contributed by atoms with Gasteiger partial charge in [-0.05, 0) is 38.8 Å². The van der Waals surface area contributed by atoms with E-state index in [0.29, 0.717) is 12.8 Å². The molecular formula is C14H17FN2O3S. The molecule has 1 aromatic rings. The normalized spacial score (nSPS) is 20.4. The van der Waals surface area contributed by atoms with Gasteiger partial charge < -0.3 is 5.11 Å². The molecule has 1 saturated heterocycles. The van der Waals surface area contributed by atoms with Crippen molar-refractivity contribution in [2.45, 2.75) is 43.2 Å². The van der Waals surface area contributed by atoms with Crippen LogP contribution in [0.1, 0.15) is 32.3 Å². The number of hydrogen-bond donors (Lipinski definition) is 1. The van der Waals surface area contributed by atoms with Gasteiger partial charge in [-0.3, -0.25) is 0 Å². The van der Waals surface area contributed by atoms with Gasteiger partial charge in [0.15, 0.2) is 0 Å². The van der Waals surface area contributed by atoms with Crippen molar-refractivity contribution in [2.24, 2.45) is 0 Å². The fraction of sp³-hybridized carbons (Fsp3) is 0.500. The van der Waals surface area contributed by atoms with E-state index in [4.69, 9.17) is 5.26 Å². The predicted molar refractivity (Wildman–Crippen MR) is 74.3 cm³/mol. The molecule has 0 saturated carbocycles. The van der Waals surface area contributed by atoms with E-state index in [1.807, 2.05) is 0 Å². The molecule has 2 rings (SSSR count). The fourth-order valence-electron chi connectivity index (χ4n) is 2.69. The lowest BCUT2D eigenvalue weighted by molar-refractivity contribution is 0.0215. The van der Waals surface area contributed by atoms with Crippen LogP contribution in [0, 0.1) is 17.1 Å². The Hall–Kier alpha value is -1.49. The number of rotatable bonds is 3. The van der Waals surface area contributed by atoms with E-state index in [1.165, 1.54) is 16.4 Å². The highest BCUT2D eigenvalue weighted by atomic mass is 32.2. The van der Waals surface area contributed by atoms with E-state index in [9.17, 15) is 17.9 Å². The van der Waals surface area contributed by atoms with Crippen molar-refractivity contribution in [1.82, 2.24) is 4.31 Å². The van der Waals surface area contributed by atoms with E-state index in [0.717, 1.165) is 6.07 Å². The van der Waals surface area contributed by atoms with Crippen molar-refractivity contribution in [1.29, 1.82) is 5.26 Å². The number of halogens is 1. The molecule has 7 heteroatoms. The summed E-state index contributed by atoms with van der Waals surface area (Å²) in [6.07, 6.45) is 1.14. The zero-order valence-electron chi connectivity index (χ0n) is 11.9. The summed E-state index contributed by atoms with van der Waals surface area (Å²) >= 11 is 0. The number of hydrogen-bond acceptors (Lipinski definition) is 4. The maximum atomic E-state index is 13.6. The molecule has 1 atom stereocenters. The first-order chi connectivity index (χ1) is 9.69. The van der Waals surface area contributed by atoms with Crippen LogP contribution in [0.15, 0.2) is 23.1 Å². The minimum absolute atomic E-state index is 0.248. The molecule has 114 valence electrons.